The van der Waals surface area contributed by atoms with Crippen LogP contribution in [0.2, 0.25) is 0 Å². The molecule has 27 heavy (non-hydrogen) atoms. The van der Waals surface area contributed by atoms with Crippen LogP contribution in [0.25, 0.3) is 0 Å². The van der Waals surface area contributed by atoms with Gasteiger partial charge in [-0.05, 0) is 36.1 Å². The first kappa shape index (κ1) is 19.0. The van der Waals surface area contributed by atoms with Gasteiger partial charge in [0.2, 0.25) is 11.8 Å². The number of carbonyl (C=O) groups excluding carboxylic acids is 2. The summed E-state index contributed by atoms with van der Waals surface area (Å²) >= 11 is 1.59. The van der Waals surface area contributed by atoms with Gasteiger partial charge in [-0.2, -0.15) is 0 Å². The van der Waals surface area contributed by atoms with Crippen LogP contribution in [-0.2, 0) is 20.8 Å². The third-order valence-electron chi connectivity index (χ3n) is 4.48. The lowest BCUT2D eigenvalue weighted by Gasteiger charge is -2.18. The van der Waals surface area contributed by atoms with Gasteiger partial charge in [0, 0.05) is 29.2 Å². The van der Waals surface area contributed by atoms with E-state index in [-0.39, 0.29) is 24.7 Å². The first-order chi connectivity index (χ1) is 13.0. The number of anilines is 2. The molecule has 0 saturated carbocycles. The summed E-state index contributed by atoms with van der Waals surface area (Å²) in [6.07, 6.45) is 1.93. The number of hydrogen-bond donors (Lipinski definition) is 2. The Morgan fingerprint density at radius 1 is 1.22 bits per heavy atom. The normalized spacial score (nSPS) is 16.4. The average molecular weight is 384 g/mol. The zero-order valence-electron chi connectivity index (χ0n) is 14.8. The molecule has 1 atom stereocenters. The maximum absolute atomic E-state index is 12.7. The molecule has 0 bridgehead atoms. The third-order valence-corrected chi connectivity index (χ3v) is 5.20. The molecule has 2 aromatic rings. The largest absolute Gasteiger partial charge is 0.481 e. The van der Waals surface area contributed by atoms with Crippen molar-refractivity contribution in [3.8, 4) is 0 Å². The lowest BCUT2D eigenvalue weighted by atomic mass is 10.1. The van der Waals surface area contributed by atoms with E-state index in [9.17, 15) is 14.4 Å². The van der Waals surface area contributed by atoms with Crippen molar-refractivity contribution in [2.45, 2.75) is 17.7 Å². The van der Waals surface area contributed by atoms with Gasteiger partial charge in [0.05, 0.1) is 12.3 Å². The molecule has 0 aromatic heterocycles. The molecule has 1 aliphatic rings. The minimum Gasteiger partial charge on any atom is -0.481 e. The first-order valence-corrected chi connectivity index (χ1v) is 9.75. The van der Waals surface area contributed by atoms with E-state index < -0.39 is 11.9 Å². The van der Waals surface area contributed by atoms with Crippen molar-refractivity contribution >= 4 is 40.9 Å². The van der Waals surface area contributed by atoms with Crippen molar-refractivity contribution in [3.63, 3.8) is 0 Å². The number of carbonyl (C=O) groups is 3. The zero-order chi connectivity index (χ0) is 19.4. The number of para-hydroxylation sites is 1. The summed E-state index contributed by atoms with van der Waals surface area (Å²) in [6.45, 7) is 0.309. The topological polar surface area (TPSA) is 86.7 Å². The molecule has 1 saturated heterocycles. The highest BCUT2D eigenvalue weighted by Crippen LogP contribution is 2.29. The summed E-state index contributed by atoms with van der Waals surface area (Å²) < 4.78 is 0. The van der Waals surface area contributed by atoms with Crippen molar-refractivity contribution in [1.29, 1.82) is 0 Å². The zero-order valence-corrected chi connectivity index (χ0v) is 15.7. The quantitative estimate of drug-likeness (QED) is 0.748. The van der Waals surface area contributed by atoms with Gasteiger partial charge in [-0.15, -0.1) is 11.8 Å². The van der Waals surface area contributed by atoms with Gasteiger partial charge in [-0.3, -0.25) is 14.4 Å². The van der Waals surface area contributed by atoms with Crippen LogP contribution in [0.3, 0.4) is 0 Å². The Hall–Kier alpha value is -2.80. The molecular weight excluding hydrogens is 364 g/mol. The van der Waals surface area contributed by atoms with E-state index in [4.69, 9.17) is 5.11 Å². The van der Waals surface area contributed by atoms with E-state index in [1.165, 1.54) is 0 Å². The fraction of sp³-hybridized carbons (Fsp3) is 0.250. The summed E-state index contributed by atoms with van der Waals surface area (Å²) in [4.78, 5) is 38.7. The average Bonchev–Trinajstić information content (AvgIpc) is 3.05. The van der Waals surface area contributed by atoms with Gasteiger partial charge in [-0.1, -0.05) is 24.3 Å². The number of aliphatic carboxylic acids is 1. The Bertz CT molecular complexity index is 884. The Kier molecular flexibility index (Phi) is 5.81. The number of rotatable bonds is 6. The first-order valence-electron chi connectivity index (χ1n) is 8.53. The predicted molar refractivity (Wildman–Crippen MR) is 105 cm³/mol. The molecule has 2 amide bonds. The number of hydrogen-bond acceptors (Lipinski definition) is 4. The van der Waals surface area contributed by atoms with Crippen molar-refractivity contribution < 1.29 is 19.5 Å². The Labute approximate surface area is 161 Å². The van der Waals surface area contributed by atoms with Crippen LogP contribution in [0.5, 0.6) is 0 Å². The molecule has 0 radical (unpaired) electrons. The molecule has 1 fully saturated rings. The molecule has 1 heterocycles. The van der Waals surface area contributed by atoms with Gasteiger partial charge >= 0.3 is 5.97 Å². The standard InChI is InChI=1S/C20H20N2O4S/c1-27-16-7-4-6-15(11-16)22-12-14(9-18(22)23)20(26)21-17-8-3-2-5-13(17)10-19(24)25/h2-8,11,14H,9-10,12H2,1H3,(H,21,26)(H,24,25). The van der Waals surface area contributed by atoms with E-state index in [0.717, 1.165) is 10.6 Å². The Morgan fingerprint density at radius 3 is 2.74 bits per heavy atom. The van der Waals surface area contributed by atoms with Crippen LogP contribution in [0.1, 0.15) is 12.0 Å². The van der Waals surface area contributed by atoms with E-state index in [0.29, 0.717) is 17.8 Å². The smallest absolute Gasteiger partial charge is 0.307 e. The van der Waals surface area contributed by atoms with Crippen LogP contribution in [-0.4, -0.2) is 35.7 Å². The van der Waals surface area contributed by atoms with Crippen LogP contribution < -0.4 is 10.2 Å². The highest BCUT2D eigenvalue weighted by molar-refractivity contribution is 7.98. The molecule has 1 unspecified atom stereocenters. The summed E-state index contributed by atoms with van der Waals surface area (Å²) in [5.41, 5.74) is 1.79. The number of thioether (sulfide) groups is 1. The monoisotopic (exact) mass is 384 g/mol. The van der Waals surface area contributed by atoms with Crippen molar-refractivity contribution in [3.05, 3.63) is 54.1 Å². The fourth-order valence-electron chi connectivity index (χ4n) is 3.11. The second kappa shape index (κ2) is 8.26. The second-order valence-corrected chi connectivity index (χ2v) is 7.20. The van der Waals surface area contributed by atoms with Crippen LogP contribution in [0.15, 0.2) is 53.4 Å². The molecule has 0 spiro atoms. The summed E-state index contributed by atoms with van der Waals surface area (Å²) in [5.74, 6) is -1.81. The Balaban J connectivity index is 1.72. The highest BCUT2D eigenvalue weighted by Gasteiger charge is 2.35. The van der Waals surface area contributed by atoms with Gasteiger partial charge in [0.25, 0.3) is 0 Å². The number of nitrogens with one attached hydrogen (secondary N) is 1. The molecule has 0 aliphatic carbocycles. The molecular formula is C20H20N2O4S. The number of nitrogens with zero attached hydrogens (tertiary/aromatic N) is 1. The number of carboxylic acids is 1. The second-order valence-electron chi connectivity index (χ2n) is 6.32. The van der Waals surface area contributed by atoms with E-state index in [1.54, 1.807) is 40.9 Å². The maximum Gasteiger partial charge on any atom is 0.307 e. The van der Waals surface area contributed by atoms with Gasteiger partial charge in [-0.25, -0.2) is 0 Å². The summed E-state index contributed by atoms with van der Waals surface area (Å²) in [7, 11) is 0. The predicted octanol–water partition coefficient (Wildman–Crippen LogP) is 3.03. The molecule has 6 nitrogen and oxygen atoms in total. The third kappa shape index (κ3) is 4.49. The van der Waals surface area contributed by atoms with Gasteiger partial charge in [0.15, 0.2) is 0 Å². The SMILES string of the molecule is CSc1cccc(N2CC(C(=O)Nc3ccccc3CC(=O)O)CC2=O)c1. The van der Waals surface area contributed by atoms with E-state index >= 15 is 0 Å². The van der Waals surface area contributed by atoms with Gasteiger partial charge in [0.1, 0.15) is 0 Å². The van der Waals surface area contributed by atoms with Crippen LogP contribution in [0.4, 0.5) is 11.4 Å². The highest BCUT2D eigenvalue weighted by atomic mass is 32.2. The van der Waals surface area contributed by atoms with Crippen LogP contribution in [0, 0.1) is 5.92 Å². The molecule has 3 rings (SSSR count). The number of benzene rings is 2. The maximum atomic E-state index is 12.7. The lowest BCUT2D eigenvalue weighted by Crippen LogP contribution is -2.28. The van der Waals surface area contributed by atoms with E-state index in [1.807, 2.05) is 30.5 Å². The van der Waals surface area contributed by atoms with E-state index in [2.05, 4.69) is 5.32 Å². The van der Waals surface area contributed by atoms with Crippen molar-refractivity contribution in [2.24, 2.45) is 5.92 Å². The van der Waals surface area contributed by atoms with Crippen LogP contribution >= 0.6 is 11.8 Å². The minimum atomic E-state index is -0.965. The molecule has 140 valence electrons. The molecule has 7 heteroatoms. The summed E-state index contributed by atoms with van der Waals surface area (Å²) in [6, 6.07) is 14.5. The van der Waals surface area contributed by atoms with Crippen molar-refractivity contribution in [1.82, 2.24) is 0 Å². The Morgan fingerprint density at radius 2 is 2.00 bits per heavy atom. The number of carboxylic acid groups (broad SMARTS) is 1. The number of amides is 2. The van der Waals surface area contributed by atoms with Gasteiger partial charge < -0.3 is 15.3 Å². The minimum absolute atomic E-state index is 0.0905. The fourth-order valence-corrected chi connectivity index (χ4v) is 3.56. The molecule has 2 N–H and O–H groups in total. The molecule has 2 aromatic carbocycles. The lowest BCUT2D eigenvalue weighted by molar-refractivity contribution is -0.136. The van der Waals surface area contributed by atoms with Crippen molar-refractivity contribution in [2.75, 3.05) is 23.0 Å². The summed E-state index contributed by atoms with van der Waals surface area (Å²) in [5, 5.41) is 11.8. The molecule has 1 aliphatic heterocycles.